The first-order chi connectivity index (χ1) is 11.8. The first kappa shape index (κ1) is 19.4. The van der Waals surface area contributed by atoms with Gasteiger partial charge in [0.15, 0.2) is 5.78 Å². The summed E-state index contributed by atoms with van der Waals surface area (Å²) in [4.78, 5) is 32.6. The number of likely N-dealkylation sites (N-methyl/N-ethyl adjacent to an activating group) is 1. The van der Waals surface area contributed by atoms with Gasteiger partial charge >= 0.3 is 6.09 Å². The van der Waals surface area contributed by atoms with Crippen molar-refractivity contribution in [2.75, 3.05) is 26.7 Å². The van der Waals surface area contributed by atoms with Gasteiger partial charge in [-0.3, -0.25) is 14.7 Å². The minimum atomic E-state index is -0.500. The molecule has 6 heteroatoms. The van der Waals surface area contributed by atoms with Crippen LogP contribution in [0, 0.1) is 0 Å². The number of hydrogen-bond donors (Lipinski definition) is 0. The van der Waals surface area contributed by atoms with Crippen molar-refractivity contribution < 1.29 is 14.3 Å². The summed E-state index contributed by atoms with van der Waals surface area (Å²) in [5, 5.41) is 0. The molecule has 0 aliphatic carbocycles. The van der Waals surface area contributed by atoms with Gasteiger partial charge in [-0.1, -0.05) is 6.07 Å². The van der Waals surface area contributed by atoms with Gasteiger partial charge in [0.2, 0.25) is 0 Å². The second kappa shape index (κ2) is 8.43. The van der Waals surface area contributed by atoms with Gasteiger partial charge in [0.25, 0.3) is 0 Å². The lowest BCUT2D eigenvalue weighted by Crippen LogP contribution is -2.50. The summed E-state index contributed by atoms with van der Waals surface area (Å²) in [7, 11) is 1.91. The van der Waals surface area contributed by atoms with Crippen molar-refractivity contribution in [2.24, 2.45) is 0 Å². The fourth-order valence-electron chi connectivity index (χ4n) is 3.03. The van der Waals surface area contributed by atoms with Crippen molar-refractivity contribution in [1.82, 2.24) is 14.8 Å². The predicted molar refractivity (Wildman–Crippen MR) is 96.6 cm³/mol. The van der Waals surface area contributed by atoms with Crippen LogP contribution in [0.2, 0.25) is 0 Å². The molecule has 0 saturated carbocycles. The topological polar surface area (TPSA) is 62.7 Å². The van der Waals surface area contributed by atoms with Gasteiger partial charge in [0, 0.05) is 25.3 Å². The summed E-state index contributed by atoms with van der Waals surface area (Å²) in [6.45, 7) is 7.28. The molecule has 25 heavy (non-hydrogen) atoms. The van der Waals surface area contributed by atoms with E-state index in [4.69, 9.17) is 4.74 Å². The lowest BCUT2D eigenvalue weighted by atomic mass is 10.0. The van der Waals surface area contributed by atoms with Crippen LogP contribution in [0.5, 0.6) is 0 Å². The third-order valence-corrected chi connectivity index (χ3v) is 4.14. The van der Waals surface area contributed by atoms with Crippen molar-refractivity contribution in [3.8, 4) is 0 Å². The van der Waals surface area contributed by atoms with Gasteiger partial charge in [0.1, 0.15) is 11.3 Å². The highest BCUT2D eigenvalue weighted by Gasteiger charge is 2.31. The molecule has 0 spiro atoms. The second-order valence-corrected chi connectivity index (χ2v) is 7.66. The van der Waals surface area contributed by atoms with E-state index in [1.807, 2.05) is 43.7 Å². The number of hydrogen-bond acceptors (Lipinski definition) is 5. The zero-order valence-electron chi connectivity index (χ0n) is 15.7. The van der Waals surface area contributed by atoms with Crippen LogP contribution in [0.25, 0.3) is 0 Å². The maximum absolute atomic E-state index is 12.5. The van der Waals surface area contributed by atoms with E-state index >= 15 is 0 Å². The van der Waals surface area contributed by atoms with E-state index in [0.717, 1.165) is 19.3 Å². The standard InChI is InChI=1S/C19H29N3O3/c1-19(2,3)25-18(24)22-12-8-6-9-15(22)13-21(4)14-17(23)16-10-5-7-11-20-16/h5,7,10-11,15H,6,8-9,12-14H2,1-4H3. The van der Waals surface area contributed by atoms with Gasteiger partial charge in [0.05, 0.1) is 6.54 Å². The number of nitrogens with zero attached hydrogens (tertiary/aromatic N) is 3. The number of ether oxygens (including phenoxy) is 1. The molecule has 0 N–H and O–H groups in total. The molecule has 6 nitrogen and oxygen atoms in total. The van der Waals surface area contributed by atoms with Crippen LogP contribution in [0.3, 0.4) is 0 Å². The maximum atomic E-state index is 12.5. The first-order valence-corrected chi connectivity index (χ1v) is 8.88. The Kier molecular flexibility index (Phi) is 6.53. The number of aromatic nitrogens is 1. The molecule has 2 rings (SSSR count). The summed E-state index contributed by atoms with van der Waals surface area (Å²) < 4.78 is 5.53. The van der Waals surface area contributed by atoms with E-state index in [9.17, 15) is 9.59 Å². The Bertz CT molecular complexity index is 583. The molecule has 1 aliphatic heterocycles. The minimum Gasteiger partial charge on any atom is -0.444 e. The third-order valence-electron chi connectivity index (χ3n) is 4.14. The fourth-order valence-corrected chi connectivity index (χ4v) is 3.03. The molecule has 2 heterocycles. The molecule has 1 aromatic heterocycles. The number of amides is 1. The molecular formula is C19H29N3O3. The van der Waals surface area contributed by atoms with E-state index in [2.05, 4.69) is 4.98 Å². The highest BCUT2D eigenvalue weighted by atomic mass is 16.6. The summed E-state index contributed by atoms with van der Waals surface area (Å²) in [6.07, 6.45) is 4.37. The van der Waals surface area contributed by atoms with Crippen LogP contribution < -0.4 is 0 Å². The number of carbonyl (C=O) groups is 2. The van der Waals surface area contributed by atoms with E-state index in [-0.39, 0.29) is 24.5 Å². The molecule has 0 aromatic carbocycles. The van der Waals surface area contributed by atoms with E-state index in [1.165, 1.54) is 0 Å². The van der Waals surface area contributed by atoms with Crippen LogP contribution in [-0.2, 0) is 4.74 Å². The lowest BCUT2D eigenvalue weighted by Gasteiger charge is -2.38. The zero-order chi connectivity index (χ0) is 18.4. The Morgan fingerprint density at radius 3 is 2.72 bits per heavy atom. The second-order valence-electron chi connectivity index (χ2n) is 7.66. The first-order valence-electron chi connectivity index (χ1n) is 8.88. The van der Waals surface area contributed by atoms with Crippen molar-refractivity contribution in [2.45, 2.75) is 51.7 Å². The molecule has 0 bridgehead atoms. The monoisotopic (exact) mass is 347 g/mol. The number of pyridine rings is 1. The van der Waals surface area contributed by atoms with E-state index < -0.39 is 5.60 Å². The normalized spacial score (nSPS) is 18.3. The van der Waals surface area contributed by atoms with Crippen molar-refractivity contribution in [1.29, 1.82) is 0 Å². The number of carbonyl (C=O) groups excluding carboxylic acids is 2. The largest absolute Gasteiger partial charge is 0.444 e. The Hall–Kier alpha value is -1.95. The maximum Gasteiger partial charge on any atom is 0.410 e. The summed E-state index contributed by atoms with van der Waals surface area (Å²) >= 11 is 0. The van der Waals surface area contributed by atoms with Gasteiger partial charge in [-0.2, -0.15) is 0 Å². The Labute approximate surface area is 150 Å². The van der Waals surface area contributed by atoms with Crippen LogP contribution in [-0.4, -0.2) is 65.0 Å². The number of Topliss-reactive ketones (excluding diaryl/α,β-unsaturated/α-hetero) is 1. The average molecular weight is 347 g/mol. The Morgan fingerprint density at radius 1 is 1.32 bits per heavy atom. The SMILES string of the molecule is CN(CC(=O)c1ccccn1)CC1CCCCN1C(=O)OC(C)(C)C. The smallest absolute Gasteiger partial charge is 0.410 e. The number of ketones is 1. The molecule has 138 valence electrons. The molecule has 1 aliphatic rings. The number of likely N-dealkylation sites (tertiary alicyclic amines) is 1. The molecule has 1 aromatic rings. The van der Waals surface area contributed by atoms with Gasteiger partial charge in [-0.15, -0.1) is 0 Å². The van der Waals surface area contributed by atoms with E-state index in [0.29, 0.717) is 18.8 Å². The van der Waals surface area contributed by atoms with Gasteiger partial charge in [-0.25, -0.2) is 4.79 Å². The average Bonchev–Trinajstić information content (AvgIpc) is 2.54. The van der Waals surface area contributed by atoms with Crippen LogP contribution in [0.1, 0.15) is 50.5 Å². The molecule has 0 radical (unpaired) electrons. The fraction of sp³-hybridized carbons (Fsp3) is 0.632. The van der Waals surface area contributed by atoms with Gasteiger partial charge in [-0.05, 0) is 59.2 Å². The van der Waals surface area contributed by atoms with E-state index in [1.54, 1.807) is 18.3 Å². The third kappa shape index (κ3) is 6.12. The lowest BCUT2D eigenvalue weighted by molar-refractivity contribution is 0.00638. The molecular weight excluding hydrogens is 318 g/mol. The highest BCUT2D eigenvalue weighted by Crippen LogP contribution is 2.21. The zero-order valence-corrected chi connectivity index (χ0v) is 15.7. The van der Waals surface area contributed by atoms with Gasteiger partial charge < -0.3 is 9.64 Å². The van der Waals surface area contributed by atoms with Crippen molar-refractivity contribution in [3.05, 3.63) is 30.1 Å². The van der Waals surface area contributed by atoms with Crippen molar-refractivity contribution >= 4 is 11.9 Å². The Morgan fingerprint density at radius 2 is 2.08 bits per heavy atom. The minimum absolute atomic E-state index is 0.0114. The molecule has 1 amide bonds. The number of piperidine rings is 1. The molecule has 1 saturated heterocycles. The van der Waals surface area contributed by atoms with Crippen molar-refractivity contribution in [3.63, 3.8) is 0 Å². The van der Waals surface area contributed by atoms with Crippen LogP contribution in [0.15, 0.2) is 24.4 Å². The molecule has 1 fully saturated rings. The Balaban J connectivity index is 1.93. The van der Waals surface area contributed by atoms with Crippen LogP contribution >= 0.6 is 0 Å². The summed E-state index contributed by atoms with van der Waals surface area (Å²) in [6, 6.07) is 5.40. The summed E-state index contributed by atoms with van der Waals surface area (Å²) in [5.74, 6) is -0.0114. The summed E-state index contributed by atoms with van der Waals surface area (Å²) in [5.41, 5.74) is -0.0260. The number of rotatable bonds is 5. The molecule has 1 atom stereocenters. The van der Waals surface area contributed by atoms with Crippen LogP contribution in [0.4, 0.5) is 4.79 Å². The molecule has 1 unspecified atom stereocenters. The quantitative estimate of drug-likeness (QED) is 0.766. The predicted octanol–water partition coefficient (Wildman–Crippen LogP) is 2.99. The highest BCUT2D eigenvalue weighted by molar-refractivity contribution is 5.95.